The molecule has 1 amide bonds. The minimum atomic E-state index is -0.695. The van der Waals surface area contributed by atoms with Gasteiger partial charge in [0.1, 0.15) is 5.75 Å². The van der Waals surface area contributed by atoms with E-state index in [1.807, 2.05) is 12.1 Å². The van der Waals surface area contributed by atoms with Gasteiger partial charge in [0.25, 0.3) is 0 Å². The van der Waals surface area contributed by atoms with Gasteiger partial charge in [-0.1, -0.05) is 31.0 Å². The quantitative estimate of drug-likeness (QED) is 0.854. The van der Waals surface area contributed by atoms with Crippen LogP contribution in [0.5, 0.6) is 5.75 Å². The molecule has 1 aromatic rings. The second-order valence-electron chi connectivity index (χ2n) is 5.15. The van der Waals surface area contributed by atoms with Crippen molar-refractivity contribution in [3.63, 3.8) is 0 Å². The Kier molecular flexibility index (Phi) is 3.57. The van der Waals surface area contributed by atoms with Crippen LogP contribution >= 0.6 is 0 Å². The van der Waals surface area contributed by atoms with Crippen LogP contribution in [0.4, 0.5) is 0 Å². The molecule has 1 aliphatic carbocycles. The molecule has 4 heteroatoms. The number of phenols is 1. The van der Waals surface area contributed by atoms with Crippen molar-refractivity contribution in [1.29, 1.82) is 0 Å². The normalized spacial score (nSPS) is 17.7. The molecule has 0 aliphatic heterocycles. The van der Waals surface area contributed by atoms with Crippen molar-refractivity contribution in [1.82, 2.24) is 4.90 Å². The summed E-state index contributed by atoms with van der Waals surface area (Å²) >= 11 is 0. The summed E-state index contributed by atoms with van der Waals surface area (Å²) in [4.78, 5) is 13.9. The summed E-state index contributed by atoms with van der Waals surface area (Å²) in [6.45, 7) is 0.393. The molecular formula is C14H20N2O2. The number of phenolic OH excluding ortho intramolecular Hbond substituents is 1. The van der Waals surface area contributed by atoms with Crippen molar-refractivity contribution >= 4 is 5.91 Å². The SMILES string of the molecule is CN(Cc1ccccc1O)C(=O)C1(N)CCCC1. The number of hydrogen-bond acceptors (Lipinski definition) is 3. The minimum absolute atomic E-state index is 0.0248. The van der Waals surface area contributed by atoms with E-state index in [4.69, 9.17) is 5.73 Å². The number of nitrogens with zero attached hydrogens (tertiary/aromatic N) is 1. The molecule has 0 aromatic heterocycles. The molecule has 0 unspecified atom stereocenters. The second kappa shape index (κ2) is 4.98. The number of amides is 1. The van der Waals surface area contributed by atoms with Crippen molar-refractivity contribution in [3.05, 3.63) is 29.8 Å². The van der Waals surface area contributed by atoms with Crippen LogP contribution in [0, 0.1) is 0 Å². The predicted octanol–water partition coefficient (Wildman–Crippen LogP) is 1.62. The van der Waals surface area contributed by atoms with Gasteiger partial charge in [0, 0.05) is 19.2 Å². The monoisotopic (exact) mass is 248 g/mol. The van der Waals surface area contributed by atoms with Crippen LogP contribution in [0.3, 0.4) is 0 Å². The molecule has 18 heavy (non-hydrogen) atoms. The number of rotatable bonds is 3. The van der Waals surface area contributed by atoms with E-state index in [-0.39, 0.29) is 11.7 Å². The van der Waals surface area contributed by atoms with E-state index >= 15 is 0 Å². The average Bonchev–Trinajstić information content (AvgIpc) is 2.79. The molecule has 3 N–H and O–H groups in total. The lowest BCUT2D eigenvalue weighted by atomic mass is 9.97. The van der Waals surface area contributed by atoms with Gasteiger partial charge in [0.2, 0.25) is 5.91 Å². The van der Waals surface area contributed by atoms with Crippen LogP contribution < -0.4 is 5.73 Å². The number of para-hydroxylation sites is 1. The first kappa shape index (κ1) is 12.9. The zero-order chi connectivity index (χ0) is 13.2. The highest BCUT2D eigenvalue weighted by Crippen LogP contribution is 2.29. The molecule has 2 rings (SSSR count). The highest BCUT2D eigenvalue weighted by Gasteiger charge is 2.38. The molecule has 0 heterocycles. The summed E-state index contributed by atoms with van der Waals surface area (Å²) < 4.78 is 0. The Morgan fingerprint density at radius 1 is 1.39 bits per heavy atom. The first-order chi connectivity index (χ1) is 8.53. The highest BCUT2D eigenvalue weighted by atomic mass is 16.3. The van der Waals surface area contributed by atoms with E-state index in [2.05, 4.69) is 0 Å². The third-order valence-electron chi connectivity index (χ3n) is 3.67. The van der Waals surface area contributed by atoms with Gasteiger partial charge in [-0.2, -0.15) is 0 Å². The number of hydrogen-bond donors (Lipinski definition) is 2. The van der Waals surface area contributed by atoms with Crippen LogP contribution in [-0.4, -0.2) is 28.5 Å². The molecule has 0 radical (unpaired) electrons. The summed E-state index contributed by atoms with van der Waals surface area (Å²) in [7, 11) is 1.74. The van der Waals surface area contributed by atoms with E-state index < -0.39 is 5.54 Å². The molecule has 0 saturated heterocycles. The molecule has 0 spiro atoms. The maximum absolute atomic E-state index is 12.3. The van der Waals surface area contributed by atoms with E-state index in [9.17, 15) is 9.90 Å². The minimum Gasteiger partial charge on any atom is -0.508 e. The Bertz CT molecular complexity index is 439. The number of carbonyl (C=O) groups excluding carboxylic acids is 1. The molecule has 1 fully saturated rings. The van der Waals surface area contributed by atoms with Crippen molar-refractivity contribution in [3.8, 4) is 5.75 Å². The summed E-state index contributed by atoms with van der Waals surface area (Å²) in [5, 5.41) is 9.70. The molecule has 1 aliphatic rings. The van der Waals surface area contributed by atoms with Gasteiger partial charge < -0.3 is 15.7 Å². The van der Waals surface area contributed by atoms with Gasteiger partial charge in [0.15, 0.2) is 0 Å². The molecule has 0 atom stereocenters. The fraction of sp³-hybridized carbons (Fsp3) is 0.500. The number of likely N-dealkylation sites (N-methyl/N-ethyl adjacent to an activating group) is 1. The van der Waals surface area contributed by atoms with Crippen molar-refractivity contribution in [2.24, 2.45) is 5.73 Å². The lowest BCUT2D eigenvalue weighted by Crippen LogP contribution is -2.52. The van der Waals surface area contributed by atoms with Gasteiger partial charge in [-0.25, -0.2) is 0 Å². The van der Waals surface area contributed by atoms with Gasteiger partial charge in [-0.15, -0.1) is 0 Å². The first-order valence-electron chi connectivity index (χ1n) is 6.34. The molecule has 98 valence electrons. The summed E-state index contributed by atoms with van der Waals surface area (Å²) in [6.07, 6.45) is 3.56. The number of aromatic hydroxyl groups is 1. The van der Waals surface area contributed by atoms with Crippen molar-refractivity contribution in [2.75, 3.05) is 7.05 Å². The maximum atomic E-state index is 12.3. The van der Waals surface area contributed by atoms with Crippen LogP contribution in [0.25, 0.3) is 0 Å². The molecule has 1 saturated carbocycles. The smallest absolute Gasteiger partial charge is 0.242 e. The number of benzene rings is 1. The standard InChI is InChI=1S/C14H20N2O2/c1-16(10-11-6-2-3-7-12(11)17)13(18)14(15)8-4-5-9-14/h2-3,6-7,17H,4-5,8-10,15H2,1H3. The lowest BCUT2D eigenvalue weighted by Gasteiger charge is -2.28. The topological polar surface area (TPSA) is 66.6 Å². The van der Waals surface area contributed by atoms with E-state index in [1.54, 1.807) is 24.1 Å². The Morgan fingerprint density at radius 3 is 2.61 bits per heavy atom. The maximum Gasteiger partial charge on any atom is 0.242 e. The van der Waals surface area contributed by atoms with Gasteiger partial charge in [-0.3, -0.25) is 4.79 Å². The Hall–Kier alpha value is -1.55. The van der Waals surface area contributed by atoms with E-state index in [0.717, 1.165) is 31.2 Å². The van der Waals surface area contributed by atoms with Crippen LogP contribution in [-0.2, 0) is 11.3 Å². The van der Waals surface area contributed by atoms with Crippen LogP contribution in [0.15, 0.2) is 24.3 Å². The summed E-state index contributed by atoms with van der Waals surface area (Å²) in [5.41, 5.74) is 6.19. The second-order valence-corrected chi connectivity index (χ2v) is 5.15. The summed E-state index contributed by atoms with van der Waals surface area (Å²) in [6, 6.07) is 7.06. The number of carbonyl (C=O) groups is 1. The predicted molar refractivity (Wildman–Crippen MR) is 70.0 cm³/mol. The largest absolute Gasteiger partial charge is 0.508 e. The molecule has 4 nitrogen and oxygen atoms in total. The fourth-order valence-electron chi connectivity index (χ4n) is 2.57. The molecule has 1 aromatic carbocycles. The van der Waals surface area contributed by atoms with E-state index in [0.29, 0.717) is 6.54 Å². The third-order valence-corrected chi connectivity index (χ3v) is 3.67. The zero-order valence-corrected chi connectivity index (χ0v) is 10.7. The molecule has 0 bridgehead atoms. The van der Waals surface area contributed by atoms with Crippen molar-refractivity contribution < 1.29 is 9.90 Å². The zero-order valence-electron chi connectivity index (χ0n) is 10.7. The molecular weight excluding hydrogens is 228 g/mol. The van der Waals surface area contributed by atoms with Crippen LogP contribution in [0.1, 0.15) is 31.2 Å². The van der Waals surface area contributed by atoms with Gasteiger partial charge in [0.05, 0.1) is 5.54 Å². The Labute approximate surface area is 107 Å². The summed E-state index contributed by atoms with van der Waals surface area (Å²) in [5.74, 6) is 0.192. The number of nitrogens with two attached hydrogens (primary N) is 1. The average molecular weight is 248 g/mol. The highest BCUT2D eigenvalue weighted by molar-refractivity contribution is 5.86. The third kappa shape index (κ3) is 2.48. The first-order valence-corrected chi connectivity index (χ1v) is 6.34. The Balaban J connectivity index is 2.06. The van der Waals surface area contributed by atoms with Crippen LogP contribution in [0.2, 0.25) is 0 Å². The van der Waals surface area contributed by atoms with Crippen molar-refractivity contribution in [2.45, 2.75) is 37.8 Å². The fourth-order valence-corrected chi connectivity index (χ4v) is 2.57. The van der Waals surface area contributed by atoms with Gasteiger partial charge >= 0.3 is 0 Å². The van der Waals surface area contributed by atoms with Gasteiger partial charge in [-0.05, 0) is 18.9 Å². The van der Waals surface area contributed by atoms with E-state index in [1.165, 1.54) is 0 Å². The lowest BCUT2D eigenvalue weighted by molar-refractivity contribution is -0.136. The Morgan fingerprint density at radius 2 is 2.00 bits per heavy atom.